The largest absolute Gasteiger partial charge is 0.383 e. The van der Waals surface area contributed by atoms with Crippen LogP contribution in [0, 0.1) is 0 Å². The van der Waals surface area contributed by atoms with Crippen LogP contribution in [0.1, 0.15) is 10.4 Å². The van der Waals surface area contributed by atoms with E-state index in [9.17, 15) is 14.4 Å². The maximum atomic E-state index is 12.3. The topological polar surface area (TPSA) is 82.7 Å². The lowest BCUT2D eigenvalue weighted by molar-refractivity contribution is -0.129. The van der Waals surface area contributed by atoms with Crippen LogP contribution in [0.25, 0.3) is 0 Å². The van der Waals surface area contributed by atoms with Crippen LogP contribution in [0.4, 0.5) is 0 Å². The Balaban J connectivity index is 2.92. The summed E-state index contributed by atoms with van der Waals surface area (Å²) in [4.78, 5) is 41.1. The number of methoxy groups -OCH3 is 1. The van der Waals surface area contributed by atoms with Crippen LogP contribution in [0.5, 0.6) is 0 Å². The molecule has 0 radical (unpaired) electrons. The number of aromatic nitrogens is 1. The van der Waals surface area contributed by atoms with E-state index in [0.29, 0.717) is 0 Å². The van der Waals surface area contributed by atoms with E-state index in [-0.39, 0.29) is 36.6 Å². The van der Waals surface area contributed by atoms with E-state index in [1.165, 1.54) is 35.4 Å². The number of likely N-dealkylation sites (N-methyl/N-ethyl adjacent to an activating group) is 1. The van der Waals surface area contributed by atoms with Gasteiger partial charge in [-0.15, -0.1) is 0 Å². The molecule has 0 unspecified atom stereocenters. The molecule has 0 bridgehead atoms. The number of aromatic amines is 1. The van der Waals surface area contributed by atoms with E-state index >= 15 is 0 Å². The molecule has 0 aromatic carbocycles. The van der Waals surface area contributed by atoms with Crippen molar-refractivity contribution in [3.63, 3.8) is 0 Å². The van der Waals surface area contributed by atoms with Crippen molar-refractivity contribution >= 4 is 11.8 Å². The van der Waals surface area contributed by atoms with Gasteiger partial charge in [-0.3, -0.25) is 14.4 Å². The predicted molar refractivity (Wildman–Crippen MR) is 73.5 cm³/mol. The summed E-state index contributed by atoms with van der Waals surface area (Å²) in [6, 6.07) is 1.27. The first-order valence-corrected chi connectivity index (χ1v) is 6.12. The molecule has 0 saturated carbocycles. The third-order valence-corrected chi connectivity index (χ3v) is 2.73. The van der Waals surface area contributed by atoms with Crippen LogP contribution in [-0.2, 0) is 9.53 Å². The number of nitrogens with one attached hydrogen (secondary N) is 1. The zero-order chi connectivity index (χ0) is 15.1. The van der Waals surface area contributed by atoms with Crippen LogP contribution in [0.3, 0.4) is 0 Å². The summed E-state index contributed by atoms with van der Waals surface area (Å²) in [6.07, 6.45) is 2.79. The normalized spacial score (nSPS) is 10.2. The van der Waals surface area contributed by atoms with Crippen molar-refractivity contribution in [1.82, 2.24) is 14.8 Å². The van der Waals surface area contributed by atoms with Crippen molar-refractivity contribution in [1.29, 1.82) is 0 Å². The Morgan fingerprint density at radius 1 is 1.35 bits per heavy atom. The SMILES string of the molecule is COCCN(CC(=O)N(C)C)C(=O)c1c[nH]ccc1=O. The molecular weight excluding hydrogens is 262 g/mol. The van der Waals surface area contributed by atoms with E-state index < -0.39 is 5.91 Å². The fourth-order valence-electron chi connectivity index (χ4n) is 1.51. The average molecular weight is 281 g/mol. The Kier molecular flexibility index (Phi) is 5.92. The number of carbonyl (C=O) groups is 2. The van der Waals surface area contributed by atoms with Crippen LogP contribution >= 0.6 is 0 Å². The van der Waals surface area contributed by atoms with E-state index in [1.54, 1.807) is 14.1 Å². The molecule has 0 atom stereocenters. The number of hydrogen-bond acceptors (Lipinski definition) is 4. The van der Waals surface area contributed by atoms with Crippen molar-refractivity contribution in [3.8, 4) is 0 Å². The number of ether oxygens (including phenoxy) is 1. The fourth-order valence-corrected chi connectivity index (χ4v) is 1.51. The van der Waals surface area contributed by atoms with Gasteiger partial charge in [-0.2, -0.15) is 0 Å². The lowest BCUT2D eigenvalue weighted by Crippen LogP contribution is -2.43. The van der Waals surface area contributed by atoms with Crippen LogP contribution in [-0.4, -0.2) is 67.5 Å². The summed E-state index contributed by atoms with van der Waals surface area (Å²) >= 11 is 0. The lowest BCUT2D eigenvalue weighted by atomic mass is 10.2. The Morgan fingerprint density at radius 3 is 2.60 bits per heavy atom. The highest BCUT2D eigenvalue weighted by Crippen LogP contribution is 2.00. The second-order valence-corrected chi connectivity index (χ2v) is 4.43. The van der Waals surface area contributed by atoms with Gasteiger partial charge < -0.3 is 19.5 Å². The van der Waals surface area contributed by atoms with E-state index in [4.69, 9.17) is 4.74 Å². The summed E-state index contributed by atoms with van der Waals surface area (Å²) in [5.74, 6) is -0.707. The molecular formula is C13H19N3O4. The van der Waals surface area contributed by atoms with Crippen molar-refractivity contribution in [2.24, 2.45) is 0 Å². The molecule has 7 nitrogen and oxygen atoms in total. The highest BCUT2D eigenvalue weighted by Gasteiger charge is 2.21. The third kappa shape index (κ3) is 4.20. The van der Waals surface area contributed by atoms with E-state index in [1.807, 2.05) is 0 Å². The maximum absolute atomic E-state index is 12.3. The van der Waals surface area contributed by atoms with Gasteiger partial charge in [0.05, 0.1) is 6.61 Å². The van der Waals surface area contributed by atoms with Gasteiger partial charge >= 0.3 is 0 Å². The Bertz CT molecular complexity index is 524. The van der Waals surface area contributed by atoms with Gasteiger partial charge in [0.25, 0.3) is 5.91 Å². The van der Waals surface area contributed by atoms with Gasteiger partial charge in [0.1, 0.15) is 12.1 Å². The first-order valence-electron chi connectivity index (χ1n) is 6.12. The van der Waals surface area contributed by atoms with E-state index in [2.05, 4.69) is 4.98 Å². The molecule has 110 valence electrons. The minimum Gasteiger partial charge on any atom is -0.383 e. The summed E-state index contributed by atoms with van der Waals surface area (Å²) in [6.45, 7) is 0.434. The quantitative estimate of drug-likeness (QED) is 0.765. The molecule has 0 saturated heterocycles. The predicted octanol–water partition coefficient (Wildman–Crippen LogP) is -0.448. The molecule has 0 aliphatic carbocycles. The smallest absolute Gasteiger partial charge is 0.259 e. The van der Waals surface area contributed by atoms with Crippen molar-refractivity contribution < 1.29 is 14.3 Å². The minimum absolute atomic E-state index is 0.00941. The second kappa shape index (κ2) is 7.44. The van der Waals surface area contributed by atoms with Gasteiger partial charge in [-0.05, 0) is 0 Å². The minimum atomic E-state index is -0.487. The highest BCUT2D eigenvalue weighted by molar-refractivity contribution is 5.96. The first kappa shape index (κ1) is 15.9. The van der Waals surface area contributed by atoms with Crippen molar-refractivity contribution in [2.75, 3.05) is 40.9 Å². The first-order chi connectivity index (χ1) is 9.47. The zero-order valence-electron chi connectivity index (χ0n) is 11.9. The van der Waals surface area contributed by atoms with Gasteiger partial charge in [-0.25, -0.2) is 0 Å². The van der Waals surface area contributed by atoms with Gasteiger partial charge in [-0.1, -0.05) is 0 Å². The Morgan fingerprint density at radius 2 is 2.05 bits per heavy atom. The Hall–Kier alpha value is -2.15. The van der Waals surface area contributed by atoms with Crippen LogP contribution in [0.15, 0.2) is 23.3 Å². The molecule has 0 aliphatic rings. The van der Waals surface area contributed by atoms with Gasteiger partial charge in [0, 0.05) is 46.2 Å². The van der Waals surface area contributed by atoms with Crippen LogP contribution in [0.2, 0.25) is 0 Å². The molecule has 1 aromatic heterocycles. The summed E-state index contributed by atoms with van der Waals surface area (Å²) < 4.78 is 4.93. The standard InChI is InChI=1S/C13H19N3O4/c1-15(2)12(18)9-16(6-7-20-3)13(19)10-8-14-5-4-11(10)17/h4-5,8H,6-7,9H2,1-3H3,(H,14,17). The number of rotatable bonds is 6. The number of amides is 2. The number of hydrogen-bond donors (Lipinski definition) is 1. The van der Waals surface area contributed by atoms with Crippen LogP contribution < -0.4 is 5.43 Å². The molecule has 0 fully saturated rings. The second-order valence-electron chi connectivity index (χ2n) is 4.43. The monoisotopic (exact) mass is 281 g/mol. The molecule has 1 heterocycles. The maximum Gasteiger partial charge on any atom is 0.259 e. The third-order valence-electron chi connectivity index (χ3n) is 2.73. The summed E-state index contributed by atoms with van der Waals surface area (Å²) in [5, 5.41) is 0. The Labute approximate surface area is 117 Å². The molecule has 7 heteroatoms. The molecule has 2 amide bonds. The molecule has 1 rings (SSSR count). The number of carbonyl (C=O) groups excluding carboxylic acids is 2. The molecule has 20 heavy (non-hydrogen) atoms. The lowest BCUT2D eigenvalue weighted by Gasteiger charge is -2.23. The fraction of sp³-hybridized carbons (Fsp3) is 0.462. The van der Waals surface area contributed by atoms with E-state index in [0.717, 1.165) is 0 Å². The van der Waals surface area contributed by atoms with Gasteiger partial charge in [0.2, 0.25) is 5.91 Å². The number of H-pyrrole nitrogens is 1. The average Bonchev–Trinajstić information content (AvgIpc) is 2.42. The number of nitrogens with zero attached hydrogens (tertiary/aromatic N) is 2. The molecule has 0 spiro atoms. The summed E-state index contributed by atoms with van der Waals surface area (Å²) in [5.41, 5.74) is -0.372. The number of pyridine rings is 1. The van der Waals surface area contributed by atoms with Crippen molar-refractivity contribution in [3.05, 3.63) is 34.2 Å². The molecule has 1 aromatic rings. The summed E-state index contributed by atoms with van der Waals surface area (Å²) in [7, 11) is 4.72. The molecule has 0 aliphatic heterocycles. The molecule has 1 N–H and O–H groups in total. The van der Waals surface area contributed by atoms with Crippen molar-refractivity contribution in [2.45, 2.75) is 0 Å². The van der Waals surface area contributed by atoms with Gasteiger partial charge in [0.15, 0.2) is 5.43 Å². The highest BCUT2D eigenvalue weighted by atomic mass is 16.5. The zero-order valence-corrected chi connectivity index (χ0v) is 11.9.